The van der Waals surface area contributed by atoms with Gasteiger partial charge in [-0.25, -0.2) is 38.3 Å². The Bertz CT molecular complexity index is 3480. The van der Waals surface area contributed by atoms with E-state index in [1.807, 2.05) is 0 Å². The Morgan fingerprint density at radius 3 is 2.27 bits per heavy atom. The summed E-state index contributed by atoms with van der Waals surface area (Å²) >= 11 is 5.99. The summed E-state index contributed by atoms with van der Waals surface area (Å²) in [7, 11) is -0.688. The summed E-state index contributed by atoms with van der Waals surface area (Å²) in [6, 6.07) is 10.2. The van der Waals surface area contributed by atoms with Crippen molar-refractivity contribution in [1.29, 1.82) is 0 Å². The van der Waals surface area contributed by atoms with Crippen LogP contribution >= 0.6 is 57.1 Å². The molecule has 2 aliphatic heterocycles. The van der Waals surface area contributed by atoms with Crippen molar-refractivity contribution < 1.29 is 46.7 Å². The Labute approximate surface area is 461 Å². The molecule has 402 valence electrons. The lowest BCUT2D eigenvalue weighted by Gasteiger charge is -2.26. The number of esters is 1. The number of methoxy groups -OCH3 is 1. The number of rotatable bonds is 10. The van der Waals surface area contributed by atoms with Crippen LogP contribution in [-0.4, -0.2) is 125 Å². The fourth-order valence-electron chi connectivity index (χ4n) is 7.72. The first-order valence-electron chi connectivity index (χ1n) is 23.2. The molecule has 6 N–H and O–H groups in total. The summed E-state index contributed by atoms with van der Waals surface area (Å²) in [5, 5.41) is 20.6. The number of nitrogens with zero attached hydrogens (tertiary/aromatic N) is 7. The van der Waals surface area contributed by atoms with Crippen molar-refractivity contribution in [1.82, 2.24) is 56.2 Å². The van der Waals surface area contributed by atoms with E-state index in [4.69, 9.17) is 29.4 Å². The first-order chi connectivity index (χ1) is 36.8. The maximum Gasteiger partial charge on any atom is 0.303 e. The molecule has 8 rings (SSSR count). The summed E-state index contributed by atoms with van der Waals surface area (Å²) in [5.41, 5.74) is 2.80. The monoisotopic (exact) mass is 1160 g/mol. The molecule has 5 aromatic heterocycles. The molecule has 29 heteroatoms. The van der Waals surface area contributed by atoms with Crippen LogP contribution in [0.25, 0.3) is 32.7 Å². The lowest BCUT2D eigenvalue weighted by atomic mass is 10.0. The highest BCUT2D eigenvalue weighted by molar-refractivity contribution is 8.14. The maximum atomic E-state index is 14.1. The van der Waals surface area contributed by atoms with Gasteiger partial charge in [0.2, 0.25) is 21.8 Å². The first-order valence-corrected chi connectivity index (χ1v) is 29.5. The molecule has 0 spiro atoms. The third-order valence-electron chi connectivity index (χ3n) is 11.1. The Morgan fingerprint density at radius 1 is 0.818 bits per heavy atom. The van der Waals surface area contributed by atoms with Crippen molar-refractivity contribution in [2.24, 2.45) is 9.98 Å². The average Bonchev–Trinajstić information content (AvgIpc) is 4.28. The van der Waals surface area contributed by atoms with Gasteiger partial charge in [0.25, 0.3) is 17.7 Å². The Kier molecular flexibility index (Phi) is 17.9. The van der Waals surface area contributed by atoms with E-state index in [9.17, 15) is 37.2 Å². The van der Waals surface area contributed by atoms with Crippen molar-refractivity contribution in [3.63, 3.8) is 0 Å². The van der Waals surface area contributed by atoms with Crippen LogP contribution < -0.4 is 31.3 Å². The molecular weight excluding hydrogens is 1110 g/mol. The van der Waals surface area contributed by atoms with E-state index in [0.717, 1.165) is 28.9 Å². The SMILES string of the molecule is CNC(=O)C[C@@H]1NC(=O)c2csc(n2)-c2ccc(C3=NC(NS(C)(=O)=O)CS3)nc2-c2csc(n2)-c2csc(n2)[C@H]([C@@H](OC(C)=O)c2ccccc2)NC(=O)CNC(=O)/C(=C(/C)COC)N=C(C)NC(=O)c2nc1sc2C. The second kappa shape index (κ2) is 24.6. The van der Waals surface area contributed by atoms with Gasteiger partial charge in [0, 0.05) is 53.4 Å². The summed E-state index contributed by atoms with van der Waals surface area (Å²) in [6.07, 6.45) is -0.987. The van der Waals surface area contributed by atoms with E-state index in [2.05, 4.69) is 46.3 Å². The average molecular weight is 1160 g/mol. The van der Waals surface area contributed by atoms with Crippen molar-refractivity contribution in [3.8, 4) is 32.7 Å². The van der Waals surface area contributed by atoms with E-state index in [-0.39, 0.29) is 41.0 Å². The van der Waals surface area contributed by atoms with Crippen LogP contribution in [0.2, 0.25) is 0 Å². The number of hydrogen-bond acceptors (Lipinski definition) is 22. The summed E-state index contributed by atoms with van der Waals surface area (Å²) in [4.78, 5) is 115. The highest BCUT2D eigenvalue weighted by Gasteiger charge is 2.34. The third-order valence-corrected chi connectivity index (χ3v) is 16.7. The zero-order chi connectivity index (χ0) is 55.1. The molecule has 0 fully saturated rings. The number of aliphatic imine (C=N–C) groups is 2. The quantitative estimate of drug-likeness (QED) is 0.0789. The normalized spacial score (nSPS) is 18.7. The number of aryl methyl sites for hydroxylation is 1. The smallest absolute Gasteiger partial charge is 0.303 e. The molecule has 4 atom stereocenters. The van der Waals surface area contributed by atoms with Gasteiger partial charge in [0.1, 0.15) is 77.3 Å². The molecule has 7 heterocycles. The van der Waals surface area contributed by atoms with Crippen molar-refractivity contribution in [2.75, 3.05) is 39.3 Å². The maximum absolute atomic E-state index is 14.1. The number of nitrogens with one attached hydrogen (secondary N) is 6. The number of aromatic nitrogens is 5. The predicted molar refractivity (Wildman–Crippen MR) is 294 cm³/mol. The Hall–Kier alpha value is -6.99. The number of amides is 5. The number of fused-ring (bicyclic) bond motifs is 12. The Balaban J connectivity index is 1.24. The molecule has 2 aliphatic rings. The third kappa shape index (κ3) is 14.0. The second-order valence-electron chi connectivity index (χ2n) is 17.1. The second-order valence-corrected chi connectivity index (χ2v) is 23.8. The molecule has 6 aromatic rings. The number of carbonyl (C=O) groups is 6. The van der Waals surface area contributed by atoms with Crippen LogP contribution in [0.1, 0.15) is 92.5 Å². The predicted octanol–water partition coefficient (Wildman–Crippen LogP) is 4.85. The molecule has 77 heavy (non-hydrogen) atoms. The summed E-state index contributed by atoms with van der Waals surface area (Å²) in [5.74, 6) is -3.52. The van der Waals surface area contributed by atoms with Crippen molar-refractivity contribution in [2.45, 2.75) is 58.5 Å². The van der Waals surface area contributed by atoms with Crippen LogP contribution in [0.5, 0.6) is 0 Å². The van der Waals surface area contributed by atoms with Crippen LogP contribution in [0, 0.1) is 6.92 Å². The van der Waals surface area contributed by atoms with Gasteiger partial charge in [-0.2, -0.15) is 4.72 Å². The molecule has 8 bridgehead atoms. The number of sulfonamides is 1. The van der Waals surface area contributed by atoms with Gasteiger partial charge in [-0.1, -0.05) is 30.3 Å². The van der Waals surface area contributed by atoms with Gasteiger partial charge in [-0.15, -0.1) is 57.1 Å². The topological polar surface area (TPSA) is 316 Å². The minimum atomic E-state index is -3.57. The molecule has 0 saturated heterocycles. The number of ether oxygens (including phenoxy) is 2. The lowest BCUT2D eigenvalue weighted by Crippen LogP contribution is -2.41. The van der Waals surface area contributed by atoms with Crippen LogP contribution in [0.3, 0.4) is 0 Å². The molecule has 23 nitrogen and oxygen atoms in total. The zero-order valence-electron chi connectivity index (χ0n) is 42.1. The minimum absolute atomic E-state index is 0.00780. The summed E-state index contributed by atoms with van der Waals surface area (Å²) in [6.45, 7) is 5.36. The van der Waals surface area contributed by atoms with Crippen LogP contribution in [-0.2, 0) is 38.7 Å². The molecule has 5 amide bonds. The van der Waals surface area contributed by atoms with Gasteiger partial charge < -0.3 is 36.1 Å². The van der Waals surface area contributed by atoms with Gasteiger partial charge >= 0.3 is 5.97 Å². The molecule has 0 saturated carbocycles. The highest BCUT2D eigenvalue weighted by Crippen LogP contribution is 2.40. The van der Waals surface area contributed by atoms with Gasteiger partial charge in [-0.3, -0.25) is 33.8 Å². The van der Waals surface area contributed by atoms with Gasteiger partial charge in [-0.05, 0) is 44.0 Å². The number of carbonyl (C=O) groups excluding carboxylic acids is 6. The standard InChI is InChI=1S/C48H49N13O10S6/c1-22(17-70-6)36-42(66)50-16-35(64)59-39(40(71-25(4)62)26-11-9-8-10-12-26)48-57-32(20-74-48)46-55-30(18-73-46)38-27(13-14-28(53-38)45-58-33(21-75-45)61-77(7,68)69)44-56-31(19-72-44)41(65)54-29(15-34(63)49-5)47-60-37(23(2)76-47)43(67)52-24(3)51-36/h8-14,18-20,29,33,39-40,61H,15-17,21H2,1-7H3,(H,49,63)(H,50,66)(H,54,65)(H,59,64)(H,51,52,67)/b36-22+/t29-,33?,39-,40-/m0/s1. The van der Waals surface area contributed by atoms with Gasteiger partial charge in [0.05, 0.1) is 37.6 Å². The number of hydrogen-bond donors (Lipinski definition) is 6. The van der Waals surface area contributed by atoms with Crippen molar-refractivity contribution >= 4 is 114 Å². The highest BCUT2D eigenvalue weighted by atomic mass is 32.2. The van der Waals surface area contributed by atoms with E-state index in [1.54, 1.807) is 72.5 Å². The fourth-order valence-corrected chi connectivity index (χ4v) is 12.9. The van der Waals surface area contributed by atoms with Gasteiger partial charge in [0.15, 0.2) is 6.10 Å². The number of pyridine rings is 1. The van der Waals surface area contributed by atoms with Crippen LogP contribution in [0.4, 0.5) is 0 Å². The fraction of sp³-hybridized carbons (Fsp3) is 0.312. The molecular formula is C48H49N13O10S6. The van der Waals surface area contributed by atoms with E-state index in [1.165, 1.54) is 62.4 Å². The van der Waals surface area contributed by atoms with E-state index >= 15 is 0 Å². The number of amidine groups is 1. The van der Waals surface area contributed by atoms with E-state index in [0.29, 0.717) is 70.2 Å². The largest absolute Gasteiger partial charge is 0.455 e. The molecule has 1 aromatic carbocycles. The summed E-state index contributed by atoms with van der Waals surface area (Å²) < 4.78 is 37.9. The lowest BCUT2D eigenvalue weighted by molar-refractivity contribution is -0.149. The minimum Gasteiger partial charge on any atom is -0.455 e. The molecule has 1 unspecified atom stereocenters. The molecule has 0 radical (unpaired) electrons. The first kappa shape index (κ1) is 56.2. The Morgan fingerprint density at radius 2 is 1.55 bits per heavy atom. The number of thioether (sulfide) groups is 1. The van der Waals surface area contributed by atoms with Crippen LogP contribution in [0.15, 0.2) is 79.9 Å². The van der Waals surface area contributed by atoms with Crippen molar-refractivity contribution in [3.05, 3.63) is 107 Å². The van der Waals surface area contributed by atoms with E-state index < -0.39 is 76.4 Å². The molecule has 0 aliphatic carbocycles. The zero-order valence-corrected chi connectivity index (χ0v) is 47.0. The number of benzene rings is 1. The number of thiazole rings is 4.